The smallest absolute Gasteiger partial charge is 0.258 e. The summed E-state index contributed by atoms with van der Waals surface area (Å²) in [5.41, 5.74) is 7.66. The predicted octanol–water partition coefficient (Wildman–Crippen LogP) is 6.42. The Morgan fingerprint density at radius 2 is 1.62 bits per heavy atom. The fraction of sp³-hybridized carbons (Fsp3) is 0.510. The molecule has 2 aromatic carbocycles. The van der Waals surface area contributed by atoms with Crippen molar-refractivity contribution in [3.63, 3.8) is 0 Å². The molecular formula is C49H58F2N10O5. The molecule has 0 spiro atoms. The normalized spacial score (nSPS) is 23.2. The number of hydrogen-bond acceptors (Lipinski definition) is 11. The summed E-state index contributed by atoms with van der Waals surface area (Å²) in [7, 11) is 3.62. The maximum atomic E-state index is 15.5. The van der Waals surface area contributed by atoms with E-state index in [0.29, 0.717) is 79.2 Å². The van der Waals surface area contributed by atoms with Crippen LogP contribution in [0.4, 0.5) is 26.1 Å². The number of methoxy groups -OCH3 is 1. The van der Waals surface area contributed by atoms with Gasteiger partial charge in [0.1, 0.15) is 11.6 Å². The van der Waals surface area contributed by atoms with E-state index in [1.807, 2.05) is 31.9 Å². The number of rotatable bonds is 6. The molecule has 4 aliphatic heterocycles. The standard InChI is InChI=1S/C49H58F2N10O5/c1-27-16-39-42(61-23-30-6-7-31(18-30)25-66-48-44(29(3)56-57(48)4)40-19-32(17-28(2)52-40)46(63)55-49(61)53-39)22-41(27)59-14-15-60(35(24-59)26-65-5)33-10-12-58(13-11-33)34-20-37(50)45(38(51)21-34)36-8-9-43(62)54-47(36)64/h16-17,19-22,30-31,33,35-36H,6-15,18,23-26H2,1-5H3,(H,53,55,63)(H,54,62,64)/t30-,31+,35-,36-/m1/s1. The van der Waals surface area contributed by atoms with E-state index >= 15 is 8.78 Å². The number of carbonyl (C=O) groups excluding carboxylic acids is 3. The number of imidazole rings is 1. The molecule has 0 radical (unpaired) electrons. The van der Waals surface area contributed by atoms with Crippen molar-refractivity contribution in [2.75, 3.05) is 68.2 Å². The molecule has 7 heterocycles. The minimum Gasteiger partial charge on any atom is -0.477 e. The van der Waals surface area contributed by atoms with Crippen LogP contribution in [0, 0.1) is 44.2 Å². The van der Waals surface area contributed by atoms with E-state index in [4.69, 9.17) is 19.4 Å². The van der Waals surface area contributed by atoms with Crippen LogP contribution in [-0.4, -0.2) is 112 Å². The van der Waals surface area contributed by atoms with Gasteiger partial charge in [0.05, 0.1) is 53.2 Å². The van der Waals surface area contributed by atoms with E-state index in [2.05, 4.69) is 49.2 Å². The van der Waals surface area contributed by atoms with E-state index in [9.17, 15) is 14.4 Å². The van der Waals surface area contributed by atoms with Gasteiger partial charge >= 0.3 is 0 Å². The first-order chi connectivity index (χ1) is 31.8. The number of pyridine rings is 1. The molecule has 3 aromatic heterocycles. The van der Waals surface area contributed by atoms with Gasteiger partial charge in [-0.3, -0.25) is 34.9 Å². The first kappa shape index (κ1) is 43.9. The third-order valence-corrected chi connectivity index (χ3v) is 14.7. The summed E-state index contributed by atoms with van der Waals surface area (Å²) < 4.78 is 47.3. The summed E-state index contributed by atoms with van der Waals surface area (Å²) in [6.45, 7) is 11.4. The molecule has 4 fully saturated rings. The van der Waals surface area contributed by atoms with Crippen molar-refractivity contribution >= 4 is 46.1 Å². The van der Waals surface area contributed by atoms with Gasteiger partial charge in [0, 0.05) is 94.1 Å². The van der Waals surface area contributed by atoms with Crippen LogP contribution in [0.1, 0.15) is 83.7 Å². The molecule has 0 unspecified atom stereocenters. The molecule has 15 nitrogen and oxygen atoms in total. The molecule has 3 amide bonds. The molecule has 4 atom stereocenters. The molecule has 17 heteroatoms. The zero-order valence-electron chi connectivity index (χ0n) is 38.3. The number of aryl methyl sites for hydroxylation is 4. The van der Waals surface area contributed by atoms with Crippen molar-refractivity contribution in [2.24, 2.45) is 18.9 Å². The van der Waals surface area contributed by atoms with Crippen molar-refractivity contribution in [2.45, 2.75) is 90.3 Å². The molecule has 3 saturated heterocycles. The summed E-state index contributed by atoms with van der Waals surface area (Å²) >= 11 is 0. The number of nitrogens with zero attached hydrogens (tertiary/aromatic N) is 8. The summed E-state index contributed by atoms with van der Waals surface area (Å²) in [4.78, 5) is 55.2. The number of fused-ring (bicyclic) bond motifs is 9. The fourth-order valence-corrected chi connectivity index (χ4v) is 11.5. The van der Waals surface area contributed by atoms with Crippen LogP contribution in [0.3, 0.4) is 0 Å². The SMILES string of the molecule is COC[C@H]1CN(c2cc3c(cc2C)nc2n3C[C@@H]3CC[C@H](COc4c(c(C)nn4C)-c4cc(cc(C)n4)C(=O)N2)C3)CCN1C1CCN(c2cc(F)c([C@H]3CCC(=O)NC3=O)c(F)c2)CC1. The molecule has 10 rings (SSSR count). The number of amides is 3. The Kier molecular flexibility index (Phi) is 11.8. The quantitative estimate of drug-likeness (QED) is 0.182. The molecule has 2 N–H and O–H groups in total. The highest BCUT2D eigenvalue weighted by Gasteiger charge is 2.37. The lowest BCUT2D eigenvalue weighted by atomic mass is 9.89. The zero-order chi connectivity index (χ0) is 46.0. The second-order valence-electron chi connectivity index (χ2n) is 19.1. The number of ether oxygens (including phenoxy) is 2. The summed E-state index contributed by atoms with van der Waals surface area (Å²) in [5.74, 6) is -1.96. The zero-order valence-corrected chi connectivity index (χ0v) is 38.3. The van der Waals surface area contributed by atoms with E-state index in [-0.39, 0.29) is 36.4 Å². The van der Waals surface area contributed by atoms with Gasteiger partial charge in [0.25, 0.3) is 5.91 Å². The Morgan fingerprint density at radius 1 is 0.848 bits per heavy atom. The monoisotopic (exact) mass is 904 g/mol. The number of halogens is 2. The van der Waals surface area contributed by atoms with Gasteiger partial charge in [-0.15, -0.1) is 0 Å². The average Bonchev–Trinajstić information content (AvgIpc) is 3.96. The predicted molar refractivity (Wildman–Crippen MR) is 246 cm³/mol. The molecule has 66 heavy (non-hydrogen) atoms. The van der Waals surface area contributed by atoms with Crippen LogP contribution in [0.5, 0.6) is 5.88 Å². The first-order valence-electron chi connectivity index (χ1n) is 23.4. The lowest BCUT2D eigenvalue weighted by Gasteiger charge is -2.48. The molecule has 5 aliphatic rings. The minimum absolute atomic E-state index is 0.0480. The Balaban J connectivity index is 0.878. The third kappa shape index (κ3) is 8.28. The number of hydrogen-bond donors (Lipinski definition) is 2. The van der Waals surface area contributed by atoms with Gasteiger partial charge in [-0.1, -0.05) is 0 Å². The highest BCUT2D eigenvalue weighted by Crippen LogP contribution is 2.40. The van der Waals surface area contributed by atoms with Crippen molar-refractivity contribution < 1.29 is 32.6 Å². The molecule has 348 valence electrons. The van der Waals surface area contributed by atoms with Crippen molar-refractivity contribution in [3.8, 4) is 17.1 Å². The molecular weight excluding hydrogens is 847 g/mol. The lowest BCUT2D eigenvalue weighted by Crippen LogP contribution is -2.60. The highest BCUT2D eigenvalue weighted by molar-refractivity contribution is 6.05. The number of benzene rings is 2. The molecule has 4 bridgehead atoms. The largest absolute Gasteiger partial charge is 0.477 e. The number of anilines is 3. The van der Waals surface area contributed by atoms with Gasteiger partial charge in [0.2, 0.25) is 23.6 Å². The summed E-state index contributed by atoms with van der Waals surface area (Å²) in [5, 5.41) is 10.1. The Hall–Kier alpha value is -5.94. The summed E-state index contributed by atoms with van der Waals surface area (Å²) in [6.07, 6.45) is 4.84. The van der Waals surface area contributed by atoms with Crippen LogP contribution in [0.25, 0.3) is 22.3 Å². The van der Waals surface area contributed by atoms with E-state index in [1.165, 1.54) is 12.1 Å². The Labute approximate surface area is 382 Å². The second kappa shape index (κ2) is 17.7. The molecule has 5 aromatic rings. The minimum atomic E-state index is -1.03. The Bertz CT molecular complexity index is 2700. The van der Waals surface area contributed by atoms with Gasteiger partial charge in [-0.25, -0.2) is 18.4 Å². The maximum Gasteiger partial charge on any atom is 0.258 e. The van der Waals surface area contributed by atoms with Crippen molar-refractivity contribution in [1.82, 2.24) is 34.5 Å². The van der Waals surface area contributed by atoms with Gasteiger partial charge < -0.3 is 23.8 Å². The van der Waals surface area contributed by atoms with Gasteiger partial charge in [-0.2, -0.15) is 5.10 Å². The average molecular weight is 905 g/mol. The second-order valence-corrected chi connectivity index (χ2v) is 19.1. The van der Waals surface area contributed by atoms with Crippen LogP contribution >= 0.6 is 0 Å². The molecule has 1 saturated carbocycles. The number of imide groups is 1. The summed E-state index contributed by atoms with van der Waals surface area (Å²) in [6, 6.07) is 11.0. The maximum absolute atomic E-state index is 15.5. The fourth-order valence-electron chi connectivity index (χ4n) is 11.5. The number of piperazine rings is 1. The lowest BCUT2D eigenvalue weighted by molar-refractivity contribution is -0.134. The van der Waals surface area contributed by atoms with Gasteiger partial charge in [0.15, 0.2) is 0 Å². The van der Waals surface area contributed by atoms with E-state index in [1.54, 1.807) is 17.9 Å². The Morgan fingerprint density at radius 3 is 2.38 bits per heavy atom. The number of carbonyl (C=O) groups is 3. The number of piperidine rings is 2. The van der Waals surface area contributed by atoms with Crippen LogP contribution in [-0.2, 0) is 27.9 Å². The topological polar surface area (TPSA) is 152 Å². The first-order valence-corrected chi connectivity index (χ1v) is 23.4. The van der Waals surface area contributed by atoms with Crippen molar-refractivity contribution in [3.05, 3.63) is 76.1 Å². The number of aromatic nitrogens is 5. The molecule has 1 aliphatic carbocycles. The van der Waals surface area contributed by atoms with E-state index < -0.39 is 29.4 Å². The van der Waals surface area contributed by atoms with Crippen LogP contribution < -0.4 is 25.2 Å². The van der Waals surface area contributed by atoms with Crippen LogP contribution in [0.2, 0.25) is 0 Å². The van der Waals surface area contributed by atoms with Crippen LogP contribution in [0.15, 0.2) is 36.4 Å². The van der Waals surface area contributed by atoms with Crippen molar-refractivity contribution in [1.29, 1.82) is 0 Å². The third-order valence-electron chi connectivity index (χ3n) is 14.7. The van der Waals surface area contributed by atoms with Gasteiger partial charge in [-0.05, 0) is 113 Å². The highest BCUT2D eigenvalue weighted by atomic mass is 19.1. The number of nitrogens with one attached hydrogen (secondary N) is 2. The van der Waals surface area contributed by atoms with E-state index in [0.717, 1.165) is 85.3 Å².